The molecule has 1 aromatic rings. The Bertz CT molecular complexity index is 666. The van der Waals surface area contributed by atoms with Gasteiger partial charge in [0, 0.05) is 6.08 Å². The molecule has 2 rings (SSSR count). The monoisotopic (exact) mass is 304 g/mol. The van der Waals surface area contributed by atoms with Crippen LogP contribution in [-0.4, -0.2) is 48.1 Å². The molecule has 1 aliphatic heterocycles. The van der Waals surface area contributed by atoms with Gasteiger partial charge in [-0.25, -0.2) is 4.79 Å². The van der Waals surface area contributed by atoms with Crippen LogP contribution in [0.5, 0.6) is 0 Å². The van der Waals surface area contributed by atoms with Crippen LogP contribution in [0.2, 0.25) is 0 Å². The molecule has 0 aromatic heterocycles. The van der Waals surface area contributed by atoms with Crippen LogP contribution in [0.4, 0.5) is 5.69 Å². The van der Waals surface area contributed by atoms with E-state index in [1.165, 1.54) is 7.11 Å². The highest BCUT2D eigenvalue weighted by Crippen LogP contribution is 2.25. The maximum Gasteiger partial charge on any atom is 0.339 e. The number of aryl methyl sites for hydroxylation is 1. The minimum Gasteiger partial charge on any atom is -0.465 e. The predicted molar refractivity (Wildman–Crippen MR) is 78.0 cm³/mol. The molecular formula is C15H16N2O5. The van der Waals surface area contributed by atoms with E-state index in [0.29, 0.717) is 5.69 Å². The van der Waals surface area contributed by atoms with Crippen molar-refractivity contribution >= 4 is 23.5 Å². The number of carbonyl (C=O) groups excluding carboxylic acids is 3. The van der Waals surface area contributed by atoms with E-state index in [4.69, 9.17) is 9.84 Å². The number of aliphatic hydroxyl groups is 1. The number of hydrogen-bond acceptors (Lipinski definition) is 6. The summed E-state index contributed by atoms with van der Waals surface area (Å²) in [6.45, 7) is 1.38. The number of methoxy groups -OCH3 is 1. The Hall–Kier alpha value is -2.67. The van der Waals surface area contributed by atoms with Crippen LogP contribution in [0.15, 0.2) is 30.0 Å². The summed E-state index contributed by atoms with van der Waals surface area (Å²) in [6, 6.07) is 5.03. The van der Waals surface area contributed by atoms with Crippen molar-refractivity contribution in [3.8, 4) is 0 Å². The Morgan fingerprint density at radius 1 is 1.36 bits per heavy atom. The molecule has 7 nitrogen and oxygen atoms in total. The van der Waals surface area contributed by atoms with Gasteiger partial charge in [-0.15, -0.1) is 0 Å². The number of aliphatic hydroxyl groups excluding tert-OH is 1. The van der Waals surface area contributed by atoms with E-state index >= 15 is 0 Å². The second-order valence-corrected chi connectivity index (χ2v) is 4.69. The number of esters is 1. The van der Waals surface area contributed by atoms with E-state index in [1.807, 2.05) is 0 Å². The summed E-state index contributed by atoms with van der Waals surface area (Å²) in [6.07, 6.45) is 1.14. The van der Waals surface area contributed by atoms with Crippen molar-refractivity contribution in [2.24, 2.45) is 0 Å². The standard InChI is InChI=1S/C15H16N2O5/c1-9-4-3-5-10(15(21)22-2)13(9)16-11-8-12(19)17(6-7-18)14(11)20/h3-5,8,16,18H,6-7H2,1-2H3. The highest BCUT2D eigenvalue weighted by Gasteiger charge is 2.31. The first kappa shape index (κ1) is 15.7. The molecule has 0 fully saturated rings. The van der Waals surface area contributed by atoms with Crippen molar-refractivity contribution in [2.75, 3.05) is 25.6 Å². The van der Waals surface area contributed by atoms with Gasteiger partial charge in [0.2, 0.25) is 0 Å². The molecule has 2 amide bonds. The maximum absolute atomic E-state index is 12.1. The summed E-state index contributed by atoms with van der Waals surface area (Å²) < 4.78 is 4.71. The number of nitrogens with one attached hydrogen (secondary N) is 1. The lowest BCUT2D eigenvalue weighted by Gasteiger charge is -2.16. The summed E-state index contributed by atoms with van der Waals surface area (Å²) in [5.74, 6) is -1.59. The lowest BCUT2D eigenvalue weighted by Crippen LogP contribution is -2.34. The largest absolute Gasteiger partial charge is 0.465 e. The number of rotatable bonds is 5. The zero-order valence-electron chi connectivity index (χ0n) is 12.3. The highest BCUT2D eigenvalue weighted by atomic mass is 16.5. The summed E-state index contributed by atoms with van der Waals surface area (Å²) >= 11 is 0. The van der Waals surface area contributed by atoms with Crippen molar-refractivity contribution < 1.29 is 24.2 Å². The number of imide groups is 1. The van der Waals surface area contributed by atoms with E-state index in [0.717, 1.165) is 16.5 Å². The summed E-state index contributed by atoms with van der Waals surface area (Å²) in [5.41, 5.74) is 1.46. The van der Waals surface area contributed by atoms with Crippen LogP contribution < -0.4 is 5.32 Å². The van der Waals surface area contributed by atoms with Gasteiger partial charge in [-0.3, -0.25) is 14.5 Å². The third kappa shape index (κ3) is 2.84. The average Bonchev–Trinajstić information content (AvgIpc) is 2.76. The second-order valence-electron chi connectivity index (χ2n) is 4.69. The molecule has 0 bridgehead atoms. The van der Waals surface area contributed by atoms with Crippen LogP contribution in [0.1, 0.15) is 15.9 Å². The maximum atomic E-state index is 12.1. The highest BCUT2D eigenvalue weighted by molar-refractivity contribution is 6.17. The zero-order valence-corrected chi connectivity index (χ0v) is 12.3. The number of hydrogen-bond donors (Lipinski definition) is 2. The minimum atomic E-state index is -0.546. The molecule has 116 valence electrons. The van der Waals surface area contributed by atoms with Crippen LogP contribution in [0.25, 0.3) is 0 Å². The van der Waals surface area contributed by atoms with Gasteiger partial charge in [-0.2, -0.15) is 0 Å². The molecule has 0 atom stereocenters. The molecule has 2 N–H and O–H groups in total. The number of amides is 2. The third-order valence-electron chi connectivity index (χ3n) is 3.27. The molecule has 1 heterocycles. The molecule has 0 unspecified atom stereocenters. The van der Waals surface area contributed by atoms with Crippen molar-refractivity contribution in [3.63, 3.8) is 0 Å². The molecule has 7 heteroatoms. The van der Waals surface area contributed by atoms with Gasteiger partial charge in [-0.1, -0.05) is 12.1 Å². The fourth-order valence-corrected chi connectivity index (χ4v) is 2.16. The van der Waals surface area contributed by atoms with Crippen molar-refractivity contribution in [1.82, 2.24) is 4.90 Å². The molecule has 0 aliphatic carbocycles. The normalized spacial score (nSPS) is 14.1. The van der Waals surface area contributed by atoms with Gasteiger partial charge in [0.15, 0.2) is 0 Å². The molecule has 0 radical (unpaired) electrons. The van der Waals surface area contributed by atoms with Gasteiger partial charge >= 0.3 is 5.97 Å². The van der Waals surface area contributed by atoms with E-state index in [-0.39, 0.29) is 24.4 Å². The smallest absolute Gasteiger partial charge is 0.339 e. The molecule has 0 saturated heterocycles. The van der Waals surface area contributed by atoms with Gasteiger partial charge in [-0.05, 0) is 18.6 Å². The lowest BCUT2D eigenvalue weighted by molar-refractivity contribution is -0.137. The first-order chi connectivity index (χ1) is 10.5. The second kappa shape index (κ2) is 6.40. The number of carbonyl (C=O) groups is 3. The van der Waals surface area contributed by atoms with Gasteiger partial charge < -0.3 is 15.2 Å². The van der Waals surface area contributed by atoms with Crippen LogP contribution in [0, 0.1) is 6.92 Å². The quantitative estimate of drug-likeness (QED) is 0.605. The topological polar surface area (TPSA) is 95.9 Å². The van der Waals surface area contributed by atoms with E-state index in [9.17, 15) is 14.4 Å². The summed E-state index contributed by atoms with van der Waals surface area (Å²) in [5, 5.41) is 11.7. The van der Waals surface area contributed by atoms with E-state index < -0.39 is 17.8 Å². The summed E-state index contributed by atoms with van der Waals surface area (Å²) in [4.78, 5) is 36.6. The fourth-order valence-electron chi connectivity index (χ4n) is 2.16. The number of anilines is 1. The van der Waals surface area contributed by atoms with Crippen LogP contribution in [-0.2, 0) is 14.3 Å². The fraction of sp³-hybridized carbons (Fsp3) is 0.267. The van der Waals surface area contributed by atoms with Gasteiger partial charge in [0.05, 0.1) is 31.5 Å². The van der Waals surface area contributed by atoms with E-state index in [1.54, 1.807) is 25.1 Å². The number of β-amino-alcohol motifs (C(OH)–C–C–N with tert-alkyl or cyclic N) is 1. The zero-order chi connectivity index (χ0) is 16.3. The minimum absolute atomic E-state index is 0.0536. The Kier molecular flexibility index (Phi) is 4.57. The van der Waals surface area contributed by atoms with Crippen LogP contribution in [0.3, 0.4) is 0 Å². The predicted octanol–water partition coefficient (Wildman–Crippen LogP) is 0.439. The SMILES string of the molecule is COC(=O)c1cccc(C)c1NC1=CC(=O)N(CCO)C1=O. The van der Waals surface area contributed by atoms with Crippen molar-refractivity contribution in [1.29, 1.82) is 0 Å². The number of ether oxygens (including phenoxy) is 1. The number of benzene rings is 1. The van der Waals surface area contributed by atoms with Crippen LogP contribution >= 0.6 is 0 Å². The Labute approximate surface area is 127 Å². The Morgan fingerprint density at radius 2 is 2.09 bits per heavy atom. The molecule has 1 aromatic carbocycles. The van der Waals surface area contributed by atoms with Gasteiger partial charge in [0.1, 0.15) is 5.70 Å². The number of nitrogens with zero attached hydrogens (tertiary/aromatic N) is 1. The van der Waals surface area contributed by atoms with Crippen molar-refractivity contribution in [3.05, 3.63) is 41.1 Å². The third-order valence-corrected chi connectivity index (χ3v) is 3.27. The molecule has 22 heavy (non-hydrogen) atoms. The van der Waals surface area contributed by atoms with Gasteiger partial charge in [0.25, 0.3) is 11.8 Å². The Morgan fingerprint density at radius 3 is 2.73 bits per heavy atom. The number of para-hydroxylation sites is 1. The average molecular weight is 304 g/mol. The molecule has 1 aliphatic rings. The van der Waals surface area contributed by atoms with E-state index in [2.05, 4.69) is 5.32 Å². The first-order valence-corrected chi connectivity index (χ1v) is 6.63. The molecule has 0 saturated carbocycles. The summed E-state index contributed by atoms with van der Waals surface area (Å²) in [7, 11) is 1.26. The molecular weight excluding hydrogens is 288 g/mol. The lowest BCUT2D eigenvalue weighted by atomic mass is 10.1. The van der Waals surface area contributed by atoms with Crippen molar-refractivity contribution in [2.45, 2.75) is 6.92 Å². The molecule has 0 spiro atoms. The Balaban J connectivity index is 2.32. The first-order valence-electron chi connectivity index (χ1n) is 6.63.